The van der Waals surface area contributed by atoms with Gasteiger partial charge in [-0.2, -0.15) is 5.10 Å². The van der Waals surface area contributed by atoms with E-state index in [1.807, 2.05) is 38.4 Å². The van der Waals surface area contributed by atoms with Crippen molar-refractivity contribution in [2.75, 3.05) is 19.4 Å². The molecule has 0 aliphatic carbocycles. The van der Waals surface area contributed by atoms with E-state index in [1.54, 1.807) is 11.2 Å². The Kier molecular flexibility index (Phi) is 3.85. The molecule has 0 aliphatic rings. The van der Waals surface area contributed by atoms with Gasteiger partial charge in [-0.15, -0.1) is 0 Å². The van der Waals surface area contributed by atoms with Gasteiger partial charge >= 0.3 is 0 Å². The van der Waals surface area contributed by atoms with Crippen LogP contribution >= 0.6 is 0 Å². The van der Waals surface area contributed by atoms with Gasteiger partial charge in [0.1, 0.15) is 0 Å². The Labute approximate surface area is 89.6 Å². The van der Waals surface area contributed by atoms with Crippen LogP contribution in [0.25, 0.3) is 0 Å². The molecular weight excluding hydrogens is 190 g/mol. The second-order valence-electron chi connectivity index (χ2n) is 3.39. The number of anilines is 1. The van der Waals surface area contributed by atoms with Crippen LogP contribution in [0.2, 0.25) is 0 Å². The predicted octanol–water partition coefficient (Wildman–Crippen LogP) is 1.54. The van der Waals surface area contributed by atoms with Crippen LogP contribution in [-0.4, -0.2) is 31.2 Å². The Hall–Kier alpha value is -1.84. The fourth-order valence-electron chi connectivity index (χ4n) is 1.04. The molecule has 0 radical (unpaired) electrons. The number of carbonyl (C=O) groups excluding carboxylic acids is 1. The molecule has 0 spiro atoms. The van der Waals surface area contributed by atoms with Crippen LogP contribution in [0.15, 0.2) is 29.4 Å². The average Bonchev–Trinajstić information content (AvgIpc) is 2.16. The Bertz CT molecular complexity index is 355. The molecule has 1 N–H and O–H groups in total. The summed E-state index contributed by atoms with van der Waals surface area (Å²) in [4.78, 5) is 10.8. The van der Waals surface area contributed by atoms with Crippen LogP contribution in [0.4, 0.5) is 5.69 Å². The first-order chi connectivity index (χ1) is 7.08. The van der Waals surface area contributed by atoms with Gasteiger partial charge in [0.25, 0.3) is 0 Å². The first-order valence-electron chi connectivity index (χ1n) is 4.67. The van der Waals surface area contributed by atoms with Crippen molar-refractivity contribution in [1.29, 1.82) is 0 Å². The lowest BCUT2D eigenvalue weighted by molar-refractivity contribution is -0.114. The minimum atomic E-state index is -0.0651. The minimum absolute atomic E-state index is 0.0651. The molecule has 1 rings (SSSR count). The lowest BCUT2D eigenvalue weighted by Gasteiger charge is -2.03. The van der Waals surface area contributed by atoms with Crippen LogP contribution < -0.4 is 5.32 Å². The number of amides is 1. The van der Waals surface area contributed by atoms with Crippen LogP contribution in [0.3, 0.4) is 0 Å². The van der Waals surface area contributed by atoms with E-state index in [-0.39, 0.29) is 5.91 Å². The van der Waals surface area contributed by atoms with Gasteiger partial charge in [-0.25, -0.2) is 0 Å². The number of rotatable bonds is 3. The molecule has 0 unspecified atom stereocenters. The monoisotopic (exact) mass is 205 g/mol. The number of carbonyl (C=O) groups is 1. The molecule has 0 bridgehead atoms. The average molecular weight is 205 g/mol. The van der Waals surface area contributed by atoms with E-state index >= 15 is 0 Å². The number of nitrogens with zero attached hydrogens (tertiary/aromatic N) is 2. The van der Waals surface area contributed by atoms with Crippen LogP contribution in [0.5, 0.6) is 0 Å². The van der Waals surface area contributed by atoms with Gasteiger partial charge in [-0.3, -0.25) is 4.79 Å². The summed E-state index contributed by atoms with van der Waals surface area (Å²) in [6.45, 7) is 1.49. The Morgan fingerprint density at radius 1 is 1.33 bits per heavy atom. The molecule has 0 heterocycles. The van der Waals surface area contributed by atoms with Gasteiger partial charge in [0, 0.05) is 26.7 Å². The zero-order valence-corrected chi connectivity index (χ0v) is 9.19. The molecule has 0 aliphatic heterocycles. The minimum Gasteiger partial charge on any atom is -0.326 e. The van der Waals surface area contributed by atoms with Gasteiger partial charge < -0.3 is 10.3 Å². The summed E-state index contributed by atoms with van der Waals surface area (Å²) in [5.41, 5.74) is 1.79. The molecule has 4 nitrogen and oxygen atoms in total. The maximum absolute atomic E-state index is 10.8. The molecule has 80 valence electrons. The third-order valence-corrected chi connectivity index (χ3v) is 1.67. The fraction of sp³-hybridized carbons (Fsp3) is 0.273. The lowest BCUT2D eigenvalue weighted by atomic mass is 10.2. The number of hydrogen-bond acceptors (Lipinski definition) is 3. The molecule has 1 amide bonds. The molecule has 15 heavy (non-hydrogen) atoms. The highest BCUT2D eigenvalue weighted by Crippen LogP contribution is 2.07. The van der Waals surface area contributed by atoms with Crippen molar-refractivity contribution in [3.63, 3.8) is 0 Å². The van der Waals surface area contributed by atoms with E-state index in [0.29, 0.717) is 0 Å². The Morgan fingerprint density at radius 2 is 1.93 bits per heavy atom. The maximum atomic E-state index is 10.8. The van der Waals surface area contributed by atoms with E-state index in [1.165, 1.54) is 6.92 Å². The first kappa shape index (κ1) is 11.2. The van der Waals surface area contributed by atoms with Crippen molar-refractivity contribution < 1.29 is 4.79 Å². The second-order valence-corrected chi connectivity index (χ2v) is 3.39. The highest BCUT2D eigenvalue weighted by molar-refractivity contribution is 5.89. The number of nitrogens with one attached hydrogen (secondary N) is 1. The van der Waals surface area contributed by atoms with Crippen molar-refractivity contribution in [2.24, 2.45) is 5.10 Å². The van der Waals surface area contributed by atoms with Gasteiger partial charge in [0.05, 0.1) is 6.21 Å². The normalized spacial score (nSPS) is 10.3. The van der Waals surface area contributed by atoms with E-state index < -0.39 is 0 Å². The number of hydrogen-bond donors (Lipinski definition) is 1. The smallest absolute Gasteiger partial charge is 0.221 e. The second kappa shape index (κ2) is 5.14. The molecule has 0 atom stereocenters. The largest absolute Gasteiger partial charge is 0.326 e. The predicted molar refractivity (Wildman–Crippen MR) is 62.0 cm³/mol. The fourth-order valence-corrected chi connectivity index (χ4v) is 1.04. The molecule has 0 aromatic heterocycles. The zero-order chi connectivity index (χ0) is 11.3. The molecule has 0 saturated heterocycles. The summed E-state index contributed by atoms with van der Waals surface area (Å²) in [7, 11) is 3.73. The number of benzene rings is 1. The summed E-state index contributed by atoms with van der Waals surface area (Å²) >= 11 is 0. The first-order valence-corrected chi connectivity index (χ1v) is 4.67. The Morgan fingerprint density at radius 3 is 2.40 bits per heavy atom. The standard InChI is InChI=1S/C11H15N3O/c1-9(15)13-11-6-4-10(5-7-11)8-12-14(2)3/h4-8H,1-3H3,(H,13,15)/b12-8+. The summed E-state index contributed by atoms with van der Waals surface area (Å²) in [5.74, 6) is -0.0651. The molecule has 1 aromatic carbocycles. The zero-order valence-electron chi connectivity index (χ0n) is 9.19. The lowest BCUT2D eigenvalue weighted by Crippen LogP contribution is -2.05. The maximum Gasteiger partial charge on any atom is 0.221 e. The third-order valence-electron chi connectivity index (χ3n) is 1.67. The molecule has 4 heteroatoms. The SMILES string of the molecule is CC(=O)Nc1ccc(/C=N/N(C)C)cc1. The van der Waals surface area contributed by atoms with Crippen molar-refractivity contribution in [2.45, 2.75) is 6.92 Å². The van der Waals surface area contributed by atoms with E-state index in [0.717, 1.165) is 11.3 Å². The van der Waals surface area contributed by atoms with E-state index in [9.17, 15) is 4.79 Å². The highest BCUT2D eigenvalue weighted by atomic mass is 16.1. The van der Waals surface area contributed by atoms with Crippen LogP contribution in [0.1, 0.15) is 12.5 Å². The van der Waals surface area contributed by atoms with Gasteiger partial charge in [0.15, 0.2) is 0 Å². The Balaban J connectivity index is 2.68. The summed E-state index contributed by atoms with van der Waals surface area (Å²) in [6.07, 6.45) is 1.76. The van der Waals surface area contributed by atoms with Gasteiger partial charge in [0.2, 0.25) is 5.91 Å². The summed E-state index contributed by atoms with van der Waals surface area (Å²) in [5, 5.41) is 8.53. The topological polar surface area (TPSA) is 44.7 Å². The molecule has 0 fully saturated rings. The van der Waals surface area contributed by atoms with Crippen molar-refractivity contribution in [3.8, 4) is 0 Å². The van der Waals surface area contributed by atoms with Crippen molar-refractivity contribution >= 4 is 17.8 Å². The molecule has 1 aromatic rings. The van der Waals surface area contributed by atoms with Crippen LogP contribution in [-0.2, 0) is 4.79 Å². The summed E-state index contributed by atoms with van der Waals surface area (Å²) in [6, 6.07) is 7.49. The van der Waals surface area contributed by atoms with Gasteiger partial charge in [-0.05, 0) is 17.7 Å². The van der Waals surface area contributed by atoms with Gasteiger partial charge in [-0.1, -0.05) is 12.1 Å². The van der Waals surface area contributed by atoms with E-state index in [2.05, 4.69) is 10.4 Å². The third kappa shape index (κ3) is 4.26. The highest BCUT2D eigenvalue weighted by Gasteiger charge is 1.94. The van der Waals surface area contributed by atoms with Crippen LogP contribution in [0, 0.1) is 0 Å². The number of hydrazone groups is 1. The van der Waals surface area contributed by atoms with E-state index in [4.69, 9.17) is 0 Å². The van der Waals surface area contributed by atoms with Crippen molar-refractivity contribution in [3.05, 3.63) is 29.8 Å². The quantitative estimate of drug-likeness (QED) is 0.601. The summed E-state index contributed by atoms with van der Waals surface area (Å²) < 4.78 is 0. The molecule has 0 saturated carbocycles. The van der Waals surface area contributed by atoms with Crippen molar-refractivity contribution in [1.82, 2.24) is 5.01 Å². The molecular formula is C11H15N3O.